The Bertz CT molecular complexity index is 352. The molecule has 0 radical (unpaired) electrons. The smallest absolute Gasteiger partial charge is 0.277 e. The molecule has 0 aromatic rings. The standard InChI is InChI=1S/C12H26N2O3S/c1-11(2,3)14-18(16,17)13-10-12(15)8-6-4-5-7-9-12/h13-15H,4-10H2,1-3H3. The highest BCUT2D eigenvalue weighted by Gasteiger charge is 2.30. The number of rotatable bonds is 4. The van der Waals surface area contributed by atoms with Crippen LogP contribution in [0.4, 0.5) is 0 Å². The zero-order valence-electron chi connectivity index (χ0n) is 11.6. The van der Waals surface area contributed by atoms with E-state index in [1.54, 1.807) is 20.8 Å². The monoisotopic (exact) mass is 278 g/mol. The van der Waals surface area contributed by atoms with Crippen LogP contribution in [0.2, 0.25) is 0 Å². The van der Waals surface area contributed by atoms with Gasteiger partial charge in [0.1, 0.15) is 0 Å². The van der Waals surface area contributed by atoms with E-state index in [0.717, 1.165) is 25.7 Å². The van der Waals surface area contributed by atoms with Gasteiger partial charge < -0.3 is 5.11 Å². The highest BCUT2D eigenvalue weighted by atomic mass is 32.2. The molecule has 1 fully saturated rings. The van der Waals surface area contributed by atoms with Gasteiger partial charge >= 0.3 is 0 Å². The van der Waals surface area contributed by atoms with Crippen molar-refractivity contribution in [2.45, 2.75) is 70.4 Å². The van der Waals surface area contributed by atoms with E-state index in [9.17, 15) is 13.5 Å². The van der Waals surface area contributed by atoms with Crippen LogP contribution >= 0.6 is 0 Å². The molecule has 6 heteroatoms. The zero-order chi connectivity index (χ0) is 13.9. The van der Waals surface area contributed by atoms with Gasteiger partial charge in [0.05, 0.1) is 5.60 Å². The molecule has 0 spiro atoms. The van der Waals surface area contributed by atoms with Crippen LogP contribution in [-0.4, -0.2) is 31.2 Å². The SMILES string of the molecule is CC(C)(C)NS(=O)(=O)NCC1(O)CCCCCC1. The van der Waals surface area contributed by atoms with Gasteiger partial charge in [-0.25, -0.2) is 0 Å². The van der Waals surface area contributed by atoms with Gasteiger partial charge in [-0.05, 0) is 33.6 Å². The second-order valence-corrected chi connectivity index (χ2v) is 7.81. The van der Waals surface area contributed by atoms with E-state index in [-0.39, 0.29) is 6.54 Å². The summed E-state index contributed by atoms with van der Waals surface area (Å²) in [5.74, 6) is 0. The third-order valence-electron chi connectivity index (χ3n) is 3.07. The van der Waals surface area contributed by atoms with E-state index in [4.69, 9.17) is 0 Å². The second-order valence-electron chi connectivity index (χ2n) is 6.32. The van der Waals surface area contributed by atoms with Crippen molar-refractivity contribution in [3.8, 4) is 0 Å². The number of hydrogen-bond donors (Lipinski definition) is 3. The molecule has 3 N–H and O–H groups in total. The third kappa shape index (κ3) is 6.13. The molecule has 0 aromatic carbocycles. The molecule has 1 rings (SSSR count). The number of aliphatic hydroxyl groups is 1. The first-order chi connectivity index (χ1) is 8.12. The minimum absolute atomic E-state index is 0.0956. The molecule has 0 atom stereocenters. The van der Waals surface area contributed by atoms with Gasteiger partial charge in [0, 0.05) is 12.1 Å². The normalized spacial score (nSPS) is 21.6. The van der Waals surface area contributed by atoms with Crippen LogP contribution in [0, 0.1) is 0 Å². The Morgan fingerprint density at radius 3 is 2.06 bits per heavy atom. The average Bonchev–Trinajstić information content (AvgIpc) is 2.38. The maximum Gasteiger partial charge on any atom is 0.277 e. The largest absolute Gasteiger partial charge is 0.389 e. The van der Waals surface area contributed by atoms with E-state index in [1.165, 1.54) is 0 Å². The van der Waals surface area contributed by atoms with Gasteiger partial charge in [0.15, 0.2) is 0 Å². The molecule has 0 bridgehead atoms. The van der Waals surface area contributed by atoms with Crippen LogP contribution in [0.3, 0.4) is 0 Å². The molecular formula is C12H26N2O3S. The first kappa shape index (κ1) is 15.9. The summed E-state index contributed by atoms with van der Waals surface area (Å²) >= 11 is 0. The van der Waals surface area contributed by atoms with Crippen LogP contribution in [0.1, 0.15) is 59.3 Å². The lowest BCUT2D eigenvalue weighted by Gasteiger charge is -2.28. The van der Waals surface area contributed by atoms with Crippen molar-refractivity contribution in [1.82, 2.24) is 9.44 Å². The summed E-state index contributed by atoms with van der Waals surface area (Å²) in [5.41, 5.74) is -1.40. The fourth-order valence-electron chi connectivity index (χ4n) is 2.23. The Morgan fingerprint density at radius 2 is 1.61 bits per heavy atom. The van der Waals surface area contributed by atoms with Gasteiger partial charge in [0.25, 0.3) is 10.2 Å². The minimum atomic E-state index is -3.55. The first-order valence-electron chi connectivity index (χ1n) is 6.63. The van der Waals surface area contributed by atoms with Crippen molar-refractivity contribution >= 4 is 10.2 Å². The van der Waals surface area contributed by atoms with Crippen molar-refractivity contribution in [3.63, 3.8) is 0 Å². The van der Waals surface area contributed by atoms with Crippen LogP contribution < -0.4 is 9.44 Å². The van der Waals surface area contributed by atoms with Crippen molar-refractivity contribution in [1.29, 1.82) is 0 Å². The predicted molar refractivity (Wildman–Crippen MR) is 72.5 cm³/mol. The lowest BCUT2D eigenvalue weighted by Crippen LogP contribution is -2.51. The van der Waals surface area contributed by atoms with Crippen molar-refractivity contribution in [2.24, 2.45) is 0 Å². The zero-order valence-corrected chi connectivity index (χ0v) is 12.4. The van der Waals surface area contributed by atoms with Crippen LogP contribution in [0.25, 0.3) is 0 Å². The molecule has 1 saturated carbocycles. The van der Waals surface area contributed by atoms with E-state index in [0.29, 0.717) is 12.8 Å². The Balaban J connectivity index is 2.52. The topological polar surface area (TPSA) is 78.4 Å². The van der Waals surface area contributed by atoms with Gasteiger partial charge in [-0.2, -0.15) is 17.9 Å². The Morgan fingerprint density at radius 1 is 1.11 bits per heavy atom. The van der Waals surface area contributed by atoms with Gasteiger partial charge in [-0.1, -0.05) is 25.7 Å². The molecule has 0 unspecified atom stereocenters. The minimum Gasteiger partial charge on any atom is -0.389 e. The number of nitrogens with one attached hydrogen (secondary N) is 2. The summed E-state index contributed by atoms with van der Waals surface area (Å²) in [5, 5.41) is 10.4. The molecule has 108 valence electrons. The van der Waals surface area contributed by atoms with Crippen LogP contribution in [0.5, 0.6) is 0 Å². The lowest BCUT2D eigenvalue weighted by atomic mass is 9.95. The third-order valence-corrected chi connectivity index (χ3v) is 4.47. The van der Waals surface area contributed by atoms with Crippen molar-refractivity contribution < 1.29 is 13.5 Å². The molecule has 0 aliphatic heterocycles. The molecule has 18 heavy (non-hydrogen) atoms. The number of hydrogen-bond acceptors (Lipinski definition) is 3. The first-order valence-corrected chi connectivity index (χ1v) is 8.11. The molecule has 0 aromatic heterocycles. The quantitative estimate of drug-likeness (QED) is 0.678. The maximum atomic E-state index is 11.8. The molecule has 0 amide bonds. The second kappa shape index (κ2) is 5.86. The van der Waals surface area contributed by atoms with Gasteiger partial charge in [-0.15, -0.1) is 0 Å². The summed E-state index contributed by atoms with van der Waals surface area (Å²) in [6, 6.07) is 0. The van der Waals surface area contributed by atoms with Gasteiger partial charge in [-0.3, -0.25) is 0 Å². The van der Waals surface area contributed by atoms with E-state index >= 15 is 0 Å². The fraction of sp³-hybridized carbons (Fsp3) is 1.00. The molecule has 1 aliphatic carbocycles. The maximum absolute atomic E-state index is 11.8. The Labute approximate surface area is 111 Å². The van der Waals surface area contributed by atoms with Crippen molar-refractivity contribution in [3.05, 3.63) is 0 Å². The summed E-state index contributed by atoms with van der Waals surface area (Å²) in [4.78, 5) is 0. The summed E-state index contributed by atoms with van der Waals surface area (Å²) in [6.45, 7) is 5.45. The van der Waals surface area contributed by atoms with Crippen LogP contribution in [-0.2, 0) is 10.2 Å². The summed E-state index contributed by atoms with van der Waals surface area (Å²) < 4.78 is 28.5. The van der Waals surface area contributed by atoms with Crippen LogP contribution in [0.15, 0.2) is 0 Å². The summed E-state index contributed by atoms with van der Waals surface area (Å²) in [7, 11) is -3.55. The van der Waals surface area contributed by atoms with E-state index in [2.05, 4.69) is 9.44 Å². The molecule has 0 saturated heterocycles. The average molecular weight is 278 g/mol. The predicted octanol–water partition coefficient (Wildman–Crippen LogP) is 1.29. The van der Waals surface area contributed by atoms with Crippen molar-refractivity contribution in [2.75, 3.05) is 6.54 Å². The van der Waals surface area contributed by atoms with E-state index < -0.39 is 21.3 Å². The van der Waals surface area contributed by atoms with Gasteiger partial charge in [0.2, 0.25) is 0 Å². The van der Waals surface area contributed by atoms with E-state index in [1.807, 2.05) is 0 Å². The lowest BCUT2D eigenvalue weighted by molar-refractivity contribution is 0.0301. The molecular weight excluding hydrogens is 252 g/mol. The molecule has 0 heterocycles. The fourth-order valence-corrected chi connectivity index (χ4v) is 3.57. The molecule has 5 nitrogen and oxygen atoms in total. The Hall–Kier alpha value is -0.170. The summed E-state index contributed by atoms with van der Waals surface area (Å²) in [6.07, 6.45) is 5.51. The highest BCUT2D eigenvalue weighted by Crippen LogP contribution is 2.26. The molecule has 1 aliphatic rings. The Kier molecular flexibility index (Phi) is 5.17. The highest BCUT2D eigenvalue weighted by molar-refractivity contribution is 7.87.